The zero-order chi connectivity index (χ0) is 17.3. The SMILES string of the molecule is COc1ccc2cc(C(=O)N3CCC(C)S(=O)CC3)c(C)nc2c1. The Morgan fingerprint density at radius 2 is 2.12 bits per heavy atom. The van der Waals surface area contributed by atoms with E-state index in [0.717, 1.165) is 23.1 Å². The van der Waals surface area contributed by atoms with E-state index < -0.39 is 10.8 Å². The molecule has 1 aromatic heterocycles. The van der Waals surface area contributed by atoms with Crippen molar-refractivity contribution < 1.29 is 13.7 Å². The summed E-state index contributed by atoms with van der Waals surface area (Å²) in [7, 11) is 0.770. The number of ether oxygens (including phenoxy) is 1. The van der Waals surface area contributed by atoms with Gasteiger partial charge in [-0.2, -0.15) is 0 Å². The van der Waals surface area contributed by atoms with Crippen molar-refractivity contribution in [3.63, 3.8) is 0 Å². The van der Waals surface area contributed by atoms with Crippen molar-refractivity contribution in [2.24, 2.45) is 0 Å². The number of fused-ring (bicyclic) bond motifs is 1. The van der Waals surface area contributed by atoms with Crippen LogP contribution in [0.4, 0.5) is 0 Å². The van der Waals surface area contributed by atoms with Crippen LogP contribution < -0.4 is 4.74 Å². The number of aryl methyl sites for hydroxylation is 1. The topological polar surface area (TPSA) is 59.5 Å². The number of aromatic nitrogens is 1. The molecule has 1 aromatic carbocycles. The molecule has 0 aliphatic carbocycles. The molecular formula is C18H22N2O3S. The molecule has 0 N–H and O–H groups in total. The molecule has 0 radical (unpaired) electrons. The molecule has 24 heavy (non-hydrogen) atoms. The number of methoxy groups -OCH3 is 1. The molecular weight excluding hydrogens is 324 g/mol. The number of amides is 1. The number of pyridine rings is 1. The maximum Gasteiger partial charge on any atom is 0.255 e. The molecule has 0 bridgehead atoms. The van der Waals surface area contributed by atoms with Crippen LogP contribution in [-0.2, 0) is 10.8 Å². The minimum Gasteiger partial charge on any atom is -0.497 e. The Balaban J connectivity index is 1.92. The van der Waals surface area contributed by atoms with Gasteiger partial charge >= 0.3 is 0 Å². The lowest BCUT2D eigenvalue weighted by atomic mass is 10.1. The van der Waals surface area contributed by atoms with Crippen LogP contribution >= 0.6 is 0 Å². The third-order valence-electron chi connectivity index (χ3n) is 4.55. The third kappa shape index (κ3) is 3.29. The van der Waals surface area contributed by atoms with E-state index in [-0.39, 0.29) is 11.2 Å². The van der Waals surface area contributed by atoms with Crippen LogP contribution in [-0.4, -0.2) is 51.2 Å². The van der Waals surface area contributed by atoms with E-state index in [4.69, 9.17) is 4.74 Å². The molecule has 1 aliphatic heterocycles. The average Bonchev–Trinajstić information content (AvgIpc) is 2.75. The van der Waals surface area contributed by atoms with E-state index in [0.29, 0.717) is 30.1 Å². The predicted octanol–water partition coefficient (Wildman–Crippen LogP) is 2.53. The molecule has 0 saturated carbocycles. The molecule has 0 spiro atoms. The number of hydrogen-bond donors (Lipinski definition) is 0. The van der Waals surface area contributed by atoms with Gasteiger partial charge < -0.3 is 9.64 Å². The summed E-state index contributed by atoms with van der Waals surface area (Å²) in [6, 6.07) is 7.54. The summed E-state index contributed by atoms with van der Waals surface area (Å²) >= 11 is 0. The van der Waals surface area contributed by atoms with Crippen molar-refractivity contribution >= 4 is 27.6 Å². The van der Waals surface area contributed by atoms with Crippen molar-refractivity contribution in [1.29, 1.82) is 0 Å². The highest BCUT2D eigenvalue weighted by Crippen LogP contribution is 2.23. The summed E-state index contributed by atoms with van der Waals surface area (Å²) in [5.41, 5.74) is 2.14. The summed E-state index contributed by atoms with van der Waals surface area (Å²) < 4.78 is 17.2. The van der Waals surface area contributed by atoms with E-state index in [1.165, 1.54) is 0 Å². The van der Waals surface area contributed by atoms with Gasteiger partial charge in [0.2, 0.25) is 0 Å². The Morgan fingerprint density at radius 1 is 1.33 bits per heavy atom. The van der Waals surface area contributed by atoms with Gasteiger partial charge in [0, 0.05) is 46.3 Å². The molecule has 3 rings (SSSR count). The second-order valence-corrected chi connectivity index (χ2v) is 8.13. The zero-order valence-corrected chi connectivity index (χ0v) is 15.1. The van der Waals surface area contributed by atoms with Gasteiger partial charge in [-0.05, 0) is 31.5 Å². The number of carbonyl (C=O) groups excluding carboxylic acids is 1. The zero-order valence-electron chi connectivity index (χ0n) is 14.2. The Labute approximate surface area is 144 Å². The molecule has 128 valence electrons. The summed E-state index contributed by atoms with van der Waals surface area (Å²) in [4.78, 5) is 19.3. The first-order valence-corrected chi connectivity index (χ1v) is 9.49. The monoisotopic (exact) mass is 346 g/mol. The fourth-order valence-corrected chi connectivity index (χ4v) is 4.11. The van der Waals surface area contributed by atoms with Crippen LogP contribution in [0.25, 0.3) is 10.9 Å². The van der Waals surface area contributed by atoms with Gasteiger partial charge in [0.15, 0.2) is 0 Å². The number of rotatable bonds is 2. The van der Waals surface area contributed by atoms with Gasteiger partial charge in [-0.15, -0.1) is 0 Å². The van der Waals surface area contributed by atoms with E-state index in [2.05, 4.69) is 4.98 Å². The number of hydrogen-bond acceptors (Lipinski definition) is 4. The number of carbonyl (C=O) groups is 1. The average molecular weight is 346 g/mol. The van der Waals surface area contributed by atoms with E-state index in [9.17, 15) is 9.00 Å². The standard InChI is InChI=1S/C18H22N2O3S/c1-12-6-7-20(8-9-24(12)22)18(21)16-10-14-4-5-15(23-3)11-17(14)19-13(16)2/h4-5,10-12H,6-9H2,1-3H3. The lowest BCUT2D eigenvalue weighted by Crippen LogP contribution is -2.34. The first-order chi connectivity index (χ1) is 11.5. The van der Waals surface area contributed by atoms with Crippen molar-refractivity contribution in [2.75, 3.05) is 26.0 Å². The van der Waals surface area contributed by atoms with Crippen molar-refractivity contribution in [3.05, 3.63) is 35.5 Å². The van der Waals surface area contributed by atoms with Gasteiger partial charge in [0.05, 0.1) is 23.9 Å². The van der Waals surface area contributed by atoms with Crippen molar-refractivity contribution in [1.82, 2.24) is 9.88 Å². The number of benzene rings is 1. The van der Waals surface area contributed by atoms with Gasteiger partial charge in [0.1, 0.15) is 5.75 Å². The smallest absolute Gasteiger partial charge is 0.255 e. The van der Waals surface area contributed by atoms with Crippen LogP contribution in [0.1, 0.15) is 29.4 Å². The van der Waals surface area contributed by atoms with Crippen LogP contribution in [0.2, 0.25) is 0 Å². The molecule has 1 aliphatic rings. The molecule has 2 unspecified atom stereocenters. The van der Waals surface area contributed by atoms with Crippen molar-refractivity contribution in [3.8, 4) is 5.75 Å². The molecule has 2 atom stereocenters. The summed E-state index contributed by atoms with van der Waals surface area (Å²) in [6.07, 6.45) is 0.773. The Morgan fingerprint density at radius 3 is 2.88 bits per heavy atom. The molecule has 1 amide bonds. The lowest BCUT2D eigenvalue weighted by Gasteiger charge is -2.21. The van der Waals surface area contributed by atoms with Crippen LogP contribution in [0, 0.1) is 6.92 Å². The quantitative estimate of drug-likeness (QED) is 0.838. The fourth-order valence-electron chi connectivity index (χ4n) is 2.94. The summed E-state index contributed by atoms with van der Waals surface area (Å²) in [6.45, 7) is 5.02. The molecule has 5 nitrogen and oxygen atoms in total. The lowest BCUT2D eigenvalue weighted by molar-refractivity contribution is 0.0766. The van der Waals surface area contributed by atoms with Crippen molar-refractivity contribution in [2.45, 2.75) is 25.5 Å². The highest BCUT2D eigenvalue weighted by Gasteiger charge is 2.24. The Hall–Kier alpha value is -1.95. The first kappa shape index (κ1) is 16.9. The summed E-state index contributed by atoms with van der Waals surface area (Å²) in [5, 5.41) is 1.06. The Kier molecular flexibility index (Phi) is 4.85. The highest BCUT2D eigenvalue weighted by molar-refractivity contribution is 7.85. The highest BCUT2D eigenvalue weighted by atomic mass is 32.2. The fraction of sp³-hybridized carbons (Fsp3) is 0.444. The maximum atomic E-state index is 12.9. The van der Waals surface area contributed by atoms with Gasteiger partial charge in [-0.1, -0.05) is 6.92 Å². The first-order valence-electron chi connectivity index (χ1n) is 8.11. The van der Waals surface area contributed by atoms with Gasteiger partial charge in [0.25, 0.3) is 5.91 Å². The summed E-state index contributed by atoms with van der Waals surface area (Å²) in [5.74, 6) is 1.27. The van der Waals surface area contributed by atoms with Gasteiger partial charge in [-0.3, -0.25) is 14.0 Å². The van der Waals surface area contributed by atoms with E-state index >= 15 is 0 Å². The van der Waals surface area contributed by atoms with E-state index in [1.807, 2.05) is 38.1 Å². The van der Waals surface area contributed by atoms with E-state index in [1.54, 1.807) is 12.0 Å². The second kappa shape index (κ2) is 6.89. The minimum atomic E-state index is -0.851. The number of nitrogens with zero attached hydrogens (tertiary/aromatic N) is 2. The largest absolute Gasteiger partial charge is 0.497 e. The van der Waals surface area contributed by atoms with Crippen LogP contribution in [0.15, 0.2) is 24.3 Å². The molecule has 2 heterocycles. The second-order valence-electron chi connectivity index (χ2n) is 6.16. The minimum absolute atomic E-state index is 0.0242. The molecule has 2 aromatic rings. The third-order valence-corrected chi connectivity index (χ3v) is 6.27. The van der Waals surface area contributed by atoms with Crippen LogP contribution in [0.5, 0.6) is 5.75 Å². The molecule has 6 heteroatoms. The normalized spacial score (nSPS) is 21.5. The molecule has 1 fully saturated rings. The van der Waals surface area contributed by atoms with Gasteiger partial charge in [-0.25, -0.2) is 0 Å². The Bertz CT molecular complexity index is 806. The predicted molar refractivity (Wildman–Crippen MR) is 96.0 cm³/mol. The molecule has 1 saturated heterocycles. The maximum absolute atomic E-state index is 12.9. The van der Waals surface area contributed by atoms with Crippen LogP contribution in [0.3, 0.4) is 0 Å².